The molecular formula is C25H22FN7OS. The highest BCUT2D eigenvalue weighted by Crippen LogP contribution is 2.33. The number of thiazole rings is 1. The average Bonchev–Trinajstić information content (AvgIpc) is 3.64. The maximum atomic E-state index is 15.1. The molecule has 0 saturated carbocycles. The molecule has 0 bridgehead atoms. The van der Waals surface area contributed by atoms with Crippen molar-refractivity contribution in [3.05, 3.63) is 71.1 Å². The smallest absolute Gasteiger partial charge is 0.251 e. The molecular weight excluding hydrogens is 465 g/mol. The van der Waals surface area contributed by atoms with Gasteiger partial charge in [0, 0.05) is 36.5 Å². The number of rotatable bonds is 6. The molecule has 1 fully saturated rings. The third kappa shape index (κ3) is 4.22. The van der Waals surface area contributed by atoms with Gasteiger partial charge < -0.3 is 16.0 Å². The summed E-state index contributed by atoms with van der Waals surface area (Å²) in [5.41, 5.74) is 5.62. The van der Waals surface area contributed by atoms with Crippen LogP contribution in [-0.2, 0) is 6.54 Å². The van der Waals surface area contributed by atoms with Crippen molar-refractivity contribution < 1.29 is 9.18 Å². The van der Waals surface area contributed by atoms with Crippen molar-refractivity contribution in [3.8, 4) is 11.1 Å². The lowest BCUT2D eigenvalue weighted by atomic mass is 10.0. The first-order valence-electron chi connectivity index (χ1n) is 11.4. The monoisotopic (exact) mass is 487 g/mol. The van der Waals surface area contributed by atoms with E-state index in [4.69, 9.17) is 0 Å². The van der Waals surface area contributed by atoms with Crippen molar-refractivity contribution in [1.29, 1.82) is 0 Å². The lowest BCUT2D eigenvalue weighted by Crippen LogP contribution is -2.23. The molecule has 0 aliphatic carbocycles. The summed E-state index contributed by atoms with van der Waals surface area (Å²) < 4.78 is 16.1. The van der Waals surface area contributed by atoms with Crippen molar-refractivity contribution >= 4 is 44.3 Å². The minimum Gasteiger partial charge on any atom is -0.364 e. The highest BCUT2D eigenvalue weighted by Gasteiger charge is 2.19. The Morgan fingerprint density at radius 2 is 2.11 bits per heavy atom. The molecule has 2 aromatic carbocycles. The van der Waals surface area contributed by atoms with Gasteiger partial charge in [0.2, 0.25) is 0 Å². The highest BCUT2D eigenvalue weighted by atomic mass is 32.1. The molecule has 4 N–H and O–H groups in total. The van der Waals surface area contributed by atoms with Crippen molar-refractivity contribution in [2.24, 2.45) is 0 Å². The molecule has 3 aromatic heterocycles. The van der Waals surface area contributed by atoms with Crippen LogP contribution in [0.4, 0.5) is 10.2 Å². The topological polar surface area (TPSA) is 108 Å². The normalized spacial score (nSPS) is 15.6. The number of carbonyl (C=O) groups excluding carboxylic acids is 1. The molecule has 35 heavy (non-hydrogen) atoms. The second-order valence-corrected chi connectivity index (χ2v) is 9.40. The number of hydrogen-bond donors (Lipinski definition) is 4. The Bertz CT molecular complexity index is 1540. The molecule has 176 valence electrons. The Kier molecular flexibility index (Phi) is 5.59. The van der Waals surface area contributed by atoms with Crippen LogP contribution < -0.4 is 16.0 Å². The molecule has 4 heterocycles. The number of pyridine rings is 1. The number of aromatic nitrogens is 4. The van der Waals surface area contributed by atoms with Gasteiger partial charge in [-0.1, -0.05) is 12.1 Å². The lowest BCUT2D eigenvalue weighted by molar-refractivity contribution is 0.0950. The maximum absolute atomic E-state index is 15.1. The number of halogens is 1. The first-order chi connectivity index (χ1) is 17.2. The van der Waals surface area contributed by atoms with E-state index in [1.807, 2.05) is 18.2 Å². The zero-order valence-electron chi connectivity index (χ0n) is 18.6. The second kappa shape index (κ2) is 9.05. The summed E-state index contributed by atoms with van der Waals surface area (Å²) in [6, 6.07) is 12.6. The largest absolute Gasteiger partial charge is 0.364 e. The van der Waals surface area contributed by atoms with Gasteiger partial charge >= 0.3 is 0 Å². The van der Waals surface area contributed by atoms with Crippen LogP contribution in [0, 0.1) is 5.82 Å². The summed E-state index contributed by atoms with van der Waals surface area (Å²) in [6.45, 7) is 1.92. The van der Waals surface area contributed by atoms with E-state index in [1.54, 1.807) is 29.9 Å². The van der Waals surface area contributed by atoms with E-state index in [-0.39, 0.29) is 24.3 Å². The number of hydrogen-bond acceptors (Lipinski definition) is 7. The molecule has 10 heteroatoms. The van der Waals surface area contributed by atoms with E-state index < -0.39 is 0 Å². The number of aromatic amines is 1. The number of fused-ring (bicyclic) bond motifs is 2. The van der Waals surface area contributed by atoms with Crippen LogP contribution in [0.2, 0.25) is 0 Å². The number of anilines is 1. The Morgan fingerprint density at radius 1 is 1.17 bits per heavy atom. The fourth-order valence-electron chi connectivity index (χ4n) is 4.40. The summed E-state index contributed by atoms with van der Waals surface area (Å²) in [7, 11) is 0. The molecule has 1 saturated heterocycles. The van der Waals surface area contributed by atoms with Gasteiger partial charge in [0.05, 0.1) is 21.1 Å². The van der Waals surface area contributed by atoms with Gasteiger partial charge in [-0.15, -0.1) is 11.3 Å². The number of nitrogens with one attached hydrogen (secondary N) is 4. The van der Waals surface area contributed by atoms with E-state index in [2.05, 4.69) is 36.1 Å². The highest BCUT2D eigenvalue weighted by molar-refractivity contribution is 7.16. The maximum Gasteiger partial charge on any atom is 0.251 e. The van der Waals surface area contributed by atoms with Gasteiger partial charge in [0.25, 0.3) is 5.91 Å². The zero-order chi connectivity index (χ0) is 23.8. The van der Waals surface area contributed by atoms with Gasteiger partial charge in [-0.05, 0) is 54.4 Å². The summed E-state index contributed by atoms with van der Waals surface area (Å²) in [6.07, 6.45) is 2.69. The van der Waals surface area contributed by atoms with E-state index in [0.717, 1.165) is 40.7 Å². The Morgan fingerprint density at radius 3 is 2.97 bits per heavy atom. The van der Waals surface area contributed by atoms with Crippen molar-refractivity contribution in [2.45, 2.75) is 19.0 Å². The first-order valence-corrected chi connectivity index (χ1v) is 12.2. The zero-order valence-corrected chi connectivity index (χ0v) is 19.5. The molecule has 5 aromatic rings. The lowest BCUT2D eigenvalue weighted by Gasteiger charge is -2.12. The predicted molar refractivity (Wildman–Crippen MR) is 135 cm³/mol. The fraction of sp³-hybridized carbons (Fsp3) is 0.200. The van der Waals surface area contributed by atoms with Gasteiger partial charge in [-0.3, -0.25) is 9.89 Å². The van der Waals surface area contributed by atoms with Gasteiger partial charge in [-0.2, -0.15) is 5.10 Å². The molecule has 0 radical (unpaired) electrons. The van der Waals surface area contributed by atoms with Crippen LogP contribution in [-0.4, -0.2) is 45.2 Å². The number of amides is 1. The van der Waals surface area contributed by atoms with Crippen LogP contribution in [0.15, 0.2) is 54.2 Å². The molecule has 8 nitrogen and oxygen atoms in total. The quantitative estimate of drug-likeness (QED) is 0.288. The molecule has 1 aliphatic rings. The third-order valence-electron chi connectivity index (χ3n) is 6.26. The summed E-state index contributed by atoms with van der Waals surface area (Å²) >= 11 is 1.52. The Balaban J connectivity index is 1.22. The van der Waals surface area contributed by atoms with E-state index >= 15 is 4.39 Å². The number of benzene rings is 2. The van der Waals surface area contributed by atoms with E-state index in [1.165, 1.54) is 17.4 Å². The summed E-state index contributed by atoms with van der Waals surface area (Å²) in [4.78, 5) is 21.2. The average molecular weight is 488 g/mol. The van der Waals surface area contributed by atoms with Gasteiger partial charge in [-0.25, -0.2) is 14.4 Å². The van der Waals surface area contributed by atoms with Crippen LogP contribution in [0.25, 0.3) is 32.4 Å². The van der Waals surface area contributed by atoms with Crippen LogP contribution in [0.1, 0.15) is 22.3 Å². The van der Waals surface area contributed by atoms with Crippen LogP contribution in [0.5, 0.6) is 0 Å². The van der Waals surface area contributed by atoms with Crippen LogP contribution in [0.3, 0.4) is 0 Å². The summed E-state index contributed by atoms with van der Waals surface area (Å²) in [5, 5.41) is 17.8. The van der Waals surface area contributed by atoms with Crippen molar-refractivity contribution in [3.63, 3.8) is 0 Å². The SMILES string of the molecule is O=C(NCc1ccc(-c2ccnc3[nH]nc(N[C@@H]4CCNC4)c23)cc1F)c1ccc2scnc2c1. The fourth-order valence-corrected chi connectivity index (χ4v) is 5.06. The second-order valence-electron chi connectivity index (χ2n) is 8.51. The van der Waals surface area contributed by atoms with Crippen LogP contribution >= 0.6 is 11.3 Å². The third-order valence-corrected chi connectivity index (χ3v) is 7.07. The van der Waals surface area contributed by atoms with Gasteiger partial charge in [0.15, 0.2) is 11.5 Å². The van der Waals surface area contributed by atoms with Gasteiger partial charge in [0.1, 0.15) is 5.82 Å². The minimum atomic E-state index is -0.388. The molecule has 1 atom stereocenters. The Labute approximate surface area is 204 Å². The number of H-pyrrole nitrogens is 1. The first kappa shape index (κ1) is 21.6. The predicted octanol–water partition coefficient (Wildman–Crippen LogP) is 4.08. The minimum absolute atomic E-state index is 0.0823. The molecule has 1 aliphatic heterocycles. The Hall–Kier alpha value is -3.89. The molecule has 0 unspecified atom stereocenters. The van der Waals surface area contributed by atoms with E-state index in [0.29, 0.717) is 28.2 Å². The molecule has 6 rings (SSSR count). The van der Waals surface area contributed by atoms with E-state index in [9.17, 15) is 4.79 Å². The summed E-state index contributed by atoms with van der Waals surface area (Å²) in [5.74, 6) is 0.0566. The number of carbonyl (C=O) groups is 1. The molecule has 0 spiro atoms. The molecule has 1 amide bonds. The number of nitrogens with zero attached hydrogens (tertiary/aromatic N) is 3. The standard InChI is InChI=1S/C25H22FN7OS/c26-19-9-14(18-6-8-28-23-22(18)24(33-32-23)31-17-5-7-27-12-17)1-2-16(19)11-29-25(34)15-3-4-21-20(10-15)30-13-35-21/h1-4,6,8-10,13,17,27H,5,7,11-12H2,(H,29,34)(H2,28,31,32,33)/t17-/m1/s1. The van der Waals surface area contributed by atoms with Crippen molar-refractivity contribution in [1.82, 2.24) is 30.8 Å². The van der Waals surface area contributed by atoms with Crippen molar-refractivity contribution in [2.75, 3.05) is 18.4 Å².